The minimum absolute atomic E-state index is 0.105. The number of ether oxygens (including phenoxy) is 2. The van der Waals surface area contributed by atoms with E-state index in [0.29, 0.717) is 29.1 Å². The van der Waals surface area contributed by atoms with Gasteiger partial charge in [-0.1, -0.05) is 18.2 Å². The Bertz CT molecular complexity index is 626. The van der Waals surface area contributed by atoms with Gasteiger partial charge in [-0.2, -0.15) is 0 Å². The lowest BCUT2D eigenvalue weighted by molar-refractivity contribution is 0.112. The van der Waals surface area contributed by atoms with Crippen molar-refractivity contribution in [2.45, 2.75) is 10.6 Å². The fraction of sp³-hybridized carbons (Fsp3) is 0.188. The fourth-order valence-electron chi connectivity index (χ4n) is 2.02. The smallest absolute Gasteiger partial charge is 0.165 e. The minimum atomic E-state index is -0.105. The van der Waals surface area contributed by atoms with Gasteiger partial charge in [-0.25, -0.2) is 0 Å². The summed E-state index contributed by atoms with van der Waals surface area (Å²) in [7, 11) is 3.01. The van der Waals surface area contributed by atoms with Crippen LogP contribution in [0.25, 0.3) is 0 Å². The van der Waals surface area contributed by atoms with Gasteiger partial charge in [0.05, 0.1) is 19.8 Å². The fourth-order valence-corrected chi connectivity index (χ4v) is 2.96. The zero-order valence-electron chi connectivity index (χ0n) is 11.8. The van der Waals surface area contributed by atoms with Crippen LogP contribution >= 0.6 is 11.8 Å². The number of phenolic OH excluding ortho intramolecular Hbond substituents is 1. The van der Waals surface area contributed by atoms with E-state index in [1.807, 2.05) is 30.3 Å². The summed E-state index contributed by atoms with van der Waals surface area (Å²) in [5.41, 5.74) is 0.856. The molecule has 0 saturated carbocycles. The first-order valence-corrected chi connectivity index (χ1v) is 7.29. The third-order valence-corrected chi connectivity index (χ3v) is 4.07. The topological polar surface area (TPSA) is 55.8 Å². The Balaban J connectivity index is 2.40. The average molecular weight is 304 g/mol. The number of benzene rings is 2. The summed E-state index contributed by atoms with van der Waals surface area (Å²) in [6.07, 6.45) is 0.637. The van der Waals surface area contributed by atoms with E-state index < -0.39 is 0 Å². The lowest BCUT2D eigenvalue weighted by Gasteiger charge is -2.15. The number of hydrogen-bond donors (Lipinski definition) is 1. The summed E-state index contributed by atoms with van der Waals surface area (Å²) in [6.45, 7) is 0. The largest absolute Gasteiger partial charge is 0.507 e. The number of thioether (sulfide) groups is 1. The van der Waals surface area contributed by atoms with Crippen molar-refractivity contribution < 1.29 is 19.4 Å². The van der Waals surface area contributed by atoms with Crippen molar-refractivity contribution in [1.29, 1.82) is 0 Å². The van der Waals surface area contributed by atoms with Gasteiger partial charge >= 0.3 is 0 Å². The number of rotatable bonds is 6. The molecule has 4 nitrogen and oxygen atoms in total. The Labute approximate surface area is 127 Å². The molecule has 0 aliphatic rings. The Morgan fingerprint density at radius 3 is 2.48 bits per heavy atom. The third-order valence-electron chi connectivity index (χ3n) is 3.04. The second-order valence-electron chi connectivity index (χ2n) is 4.24. The quantitative estimate of drug-likeness (QED) is 0.653. The molecule has 2 rings (SSSR count). The summed E-state index contributed by atoms with van der Waals surface area (Å²) in [5, 5.41) is 9.94. The highest BCUT2D eigenvalue weighted by Crippen LogP contribution is 2.41. The highest BCUT2D eigenvalue weighted by atomic mass is 32.2. The number of methoxy groups -OCH3 is 2. The van der Waals surface area contributed by atoms with Crippen LogP contribution < -0.4 is 9.47 Å². The molecule has 2 aromatic rings. The van der Waals surface area contributed by atoms with E-state index in [1.165, 1.54) is 20.3 Å². The molecule has 0 fully saturated rings. The summed E-state index contributed by atoms with van der Waals surface area (Å²) in [5.74, 6) is 1.27. The van der Waals surface area contributed by atoms with Crippen LogP contribution in [0, 0.1) is 0 Å². The molecule has 0 aromatic heterocycles. The first-order chi connectivity index (χ1) is 10.2. The van der Waals surface area contributed by atoms with Crippen molar-refractivity contribution in [1.82, 2.24) is 0 Å². The highest BCUT2D eigenvalue weighted by Gasteiger charge is 2.19. The van der Waals surface area contributed by atoms with Crippen LogP contribution in [-0.4, -0.2) is 25.6 Å². The van der Waals surface area contributed by atoms with E-state index >= 15 is 0 Å². The third kappa shape index (κ3) is 3.31. The summed E-state index contributed by atoms with van der Waals surface area (Å²) in [6, 6.07) is 11.2. The number of aromatic hydroxyl groups is 1. The van der Waals surface area contributed by atoms with Gasteiger partial charge in [-0.3, -0.25) is 4.79 Å². The van der Waals surface area contributed by atoms with E-state index in [4.69, 9.17) is 9.47 Å². The number of phenols is 1. The monoisotopic (exact) mass is 304 g/mol. The Hall–Kier alpha value is -2.14. The molecule has 110 valence electrons. The van der Waals surface area contributed by atoms with Crippen LogP contribution in [0.4, 0.5) is 0 Å². The number of hydrogen-bond acceptors (Lipinski definition) is 5. The molecule has 21 heavy (non-hydrogen) atoms. The van der Waals surface area contributed by atoms with Gasteiger partial charge in [0.2, 0.25) is 0 Å². The normalized spacial score (nSPS) is 10.2. The van der Waals surface area contributed by atoms with Gasteiger partial charge in [0.25, 0.3) is 0 Å². The molecule has 0 spiro atoms. The molecule has 0 amide bonds. The Morgan fingerprint density at radius 1 is 1.19 bits per heavy atom. The van der Waals surface area contributed by atoms with E-state index in [9.17, 15) is 9.90 Å². The maximum absolute atomic E-state index is 11.3. The van der Waals surface area contributed by atoms with E-state index in [-0.39, 0.29) is 11.3 Å². The van der Waals surface area contributed by atoms with Crippen molar-refractivity contribution in [2.75, 3.05) is 14.2 Å². The van der Waals surface area contributed by atoms with Gasteiger partial charge in [0, 0.05) is 22.3 Å². The van der Waals surface area contributed by atoms with Crippen molar-refractivity contribution in [3.8, 4) is 17.2 Å². The van der Waals surface area contributed by atoms with Crippen LogP contribution in [0.2, 0.25) is 0 Å². The maximum Gasteiger partial charge on any atom is 0.165 e. The molecule has 0 atom stereocenters. The summed E-state index contributed by atoms with van der Waals surface area (Å²) >= 11 is 1.55. The van der Waals surface area contributed by atoms with Gasteiger partial charge in [0.1, 0.15) is 5.75 Å². The molecule has 2 aromatic carbocycles. The standard InChI is InChI=1S/C16H16O4S/c1-19-15-8-14(18)12(9-17)13(16(15)20-2)10-21-11-6-4-3-5-7-11/h3-9,18H,10H2,1-2H3. The summed E-state index contributed by atoms with van der Waals surface area (Å²) < 4.78 is 10.5. The molecule has 0 bridgehead atoms. The van der Waals surface area contributed by atoms with Gasteiger partial charge in [-0.15, -0.1) is 11.8 Å². The zero-order chi connectivity index (χ0) is 15.2. The van der Waals surface area contributed by atoms with Crippen LogP contribution in [0.15, 0.2) is 41.3 Å². The van der Waals surface area contributed by atoms with Crippen LogP contribution in [0.1, 0.15) is 15.9 Å². The van der Waals surface area contributed by atoms with Crippen LogP contribution in [-0.2, 0) is 5.75 Å². The molecule has 0 aliphatic carbocycles. The van der Waals surface area contributed by atoms with E-state index in [1.54, 1.807) is 11.8 Å². The molecular weight excluding hydrogens is 288 g/mol. The summed E-state index contributed by atoms with van der Waals surface area (Å²) in [4.78, 5) is 12.3. The molecular formula is C16H16O4S. The molecule has 0 heterocycles. The second kappa shape index (κ2) is 7.04. The van der Waals surface area contributed by atoms with Gasteiger partial charge in [0.15, 0.2) is 17.8 Å². The zero-order valence-corrected chi connectivity index (χ0v) is 12.6. The average Bonchev–Trinajstić information content (AvgIpc) is 2.53. The van der Waals surface area contributed by atoms with Crippen LogP contribution in [0.3, 0.4) is 0 Å². The lowest BCUT2D eigenvalue weighted by Crippen LogP contribution is -2.00. The first kappa shape index (κ1) is 15.3. The van der Waals surface area contributed by atoms with Crippen molar-refractivity contribution in [3.05, 3.63) is 47.5 Å². The molecule has 0 unspecified atom stereocenters. The van der Waals surface area contributed by atoms with Gasteiger partial charge < -0.3 is 14.6 Å². The molecule has 0 aliphatic heterocycles. The van der Waals surface area contributed by atoms with Crippen LogP contribution in [0.5, 0.6) is 17.2 Å². The van der Waals surface area contributed by atoms with Crippen molar-refractivity contribution in [3.63, 3.8) is 0 Å². The Morgan fingerprint density at radius 2 is 1.90 bits per heavy atom. The first-order valence-electron chi connectivity index (χ1n) is 6.31. The predicted octanol–water partition coefficient (Wildman–Crippen LogP) is 3.51. The predicted molar refractivity (Wildman–Crippen MR) is 82.6 cm³/mol. The molecule has 5 heteroatoms. The second-order valence-corrected chi connectivity index (χ2v) is 5.29. The van der Waals surface area contributed by atoms with Gasteiger partial charge in [-0.05, 0) is 12.1 Å². The number of aldehydes is 1. The highest BCUT2D eigenvalue weighted by molar-refractivity contribution is 7.98. The SMILES string of the molecule is COc1cc(O)c(C=O)c(CSc2ccccc2)c1OC. The van der Waals surface area contributed by atoms with Crippen molar-refractivity contribution in [2.24, 2.45) is 0 Å². The Kier molecular flexibility index (Phi) is 5.11. The maximum atomic E-state index is 11.3. The van der Waals surface area contributed by atoms with E-state index in [0.717, 1.165) is 4.90 Å². The van der Waals surface area contributed by atoms with Crippen molar-refractivity contribution >= 4 is 18.0 Å². The number of carbonyl (C=O) groups is 1. The molecule has 0 saturated heterocycles. The number of carbonyl (C=O) groups excluding carboxylic acids is 1. The van der Waals surface area contributed by atoms with E-state index in [2.05, 4.69) is 0 Å². The lowest BCUT2D eigenvalue weighted by atomic mass is 10.1. The molecule has 0 radical (unpaired) electrons. The molecule has 1 N–H and O–H groups in total. The minimum Gasteiger partial charge on any atom is -0.507 e.